The van der Waals surface area contributed by atoms with Crippen LogP contribution in [0, 0.1) is 24.5 Å². The molecule has 0 unspecified atom stereocenters. The first-order valence-corrected chi connectivity index (χ1v) is 9.06. The van der Waals surface area contributed by atoms with Crippen LogP contribution in [-0.2, 0) is 0 Å². The van der Waals surface area contributed by atoms with Gasteiger partial charge in [0.05, 0.1) is 16.8 Å². The maximum absolute atomic E-state index is 14.3. The van der Waals surface area contributed by atoms with Crippen molar-refractivity contribution in [2.75, 3.05) is 0 Å². The molecule has 0 saturated heterocycles. The van der Waals surface area contributed by atoms with Gasteiger partial charge in [-0.05, 0) is 62.1 Å². The summed E-state index contributed by atoms with van der Waals surface area (Å²) in [7, 11) is 0. The molecule has 0 spiro atoms. The Morgan fingerprint density at radius 2 is 1.76 bits per heavy atom. The lowest BCUT2D eigenvalue weighted by atomic mass is 9.75. The minimum Gasteiger partial charge on any atom is -0.267 e. The molecule has 134 valence electrons. The van der Waals surface area contributed by atoms with E-state index in [0.717, 1.165) is 25.7 Å². The van der Waals surface area contributed by atoms with Gasteiger partial charge in [0.25, 0.3) is 5.56 Å². The molecule has 1 aliphatic carbocycles. The highest BCUT2D eigenvalue weighted by molar-refractivity contribution is 5.69. The van der Waals surface area contributed by atoms with Crippen LogP contribution >= 0.6 is 0 Å². The number of rotatable bonds is 4. The van der Waals surface area contributed by atoms with Crippen molar-refractivity contribution in [3.05, 3.63) is 51.4 Å². The van der Waals surface area contributed by atoms with Crippen molar-refractivity contribution in [1.82, 2.24) is 10.2 Å². The summed E-state index contributed by atoms with van der Waals surface area (Å²) < 4.78 is 28.7. The van der Waals surface area contributed by atoms with Crippen molar-refractivity contribution >= 4 is 0 Å². The van der Waals surface area contributed by atoms with Gasteiger partial charge in [0, 0.05) is 0 Å². The average Bonchev–Trinajstić information content (AvgIpc) is 2.59. The molecule has 1 aromatic carbocycles. The highest BCUT2D eigenvalue weighted by Crippen LogP contribution is 2.41. The second-order valence-corrected chi connectivity index (χ2v) is 7.03. The Morgan fingerprint density at radius 1 is 1.12 bits per heavy atom. The molecule has 0 bridgehead atoms. The molecule has 0 atom stereocenters. The third kappa shape index (κ3) is 3.51. The third-order valence-corrected chi connectivity index (χ3v) is 5.38. The molecule has 0 aliphatic heterocycles. The summed E-state index contributed by atoms with van der Waals surface area (Å²) in [5.74, 6) is -0.587. The standard InChI is InChI=1S/C20H24F2N2O/c1-3-5-13-8-10-14(11-9-13)17-12(2)23-24-20(25)19(17)18-15(21)6-4-7-16(18)22/h4,6-7,13-14H,3,5,8-11H2,1-2H3,(H,24,25). The van der Waals surface area contributed by atoms with E-state index in [1.807, 2.05) is 0 Å². The number of nitrogens with zero attached hydrogens (tertiary/aromatic N) is 1. The van der Waals surface area contributed by atoms with Gasteiger partial charge < -0.3 is 0 Å². The molecule has 0 amide bonds. The summed E-state index contributed by atoms with van der Waals surface area (Å²) in [6, 6.07) is 3.69. The molecule has 1 heterocycles. The van der Waals surface area contributed by atoms with Gasteiger partial charge in [-0.25, -0.2) is 13.9 Å². The van der Waals surface area contributed by atoms with Crippen LogP contribution < -0.4 is 5.56 Å². The molecule has 1 fully saturated rings. The summed E-state index contributed by atoms with van der Waals surface area (Å²) in [6.45, 7) is 3.99. The topological polar surface area (TPSA) is 45.8 Å². The molecule has 1 aliphatic rings. The predicted molar refractivity (Wildman–Crippen MR) is 94.6 cm³/mol. The zero-order chi connectivity index (χ0) is 18.0. The van der Waals surface area contributed by atoms with Gasteiger partial charge in [0.1, 0.15) is 11.6 Å². The number of benzene rings is 1. The molecule has 1 N–H and O–H groups in total. The SMILES string of the molecule is CCCC1CCC(c2c(C)n[nH]c(=O)c2-c2c(F)cccc2F)CC1. The Labute approximate surface area is 146 Å². The summed E-state index contributed by atoms with van der Waals surface area (Å²) >= 11 is 0. The fraction of sp³-hybridized carbons (Fsp3) is 0.500. The summed E-state index contributed by atoms with van der Waals surface area (Å²) in [5.41, 5.74) is 0.709. The van der Waals surface area contributed by atoms with E-state index in [1.165, 1.54) is 31.0 Å². The van der Waals surface area contributed by atoms with Crippen molar-refractivity contribution in [1.29, 1.82) is 0 Å². The van der Waals surface area contributed by atoms with Crippen molar-refractivity contribution in [3.63, 3.8) is 0 Å². The minimum atomic E-state index is -0.711. The monoisotopic (exact) mass is 346 g/mol. The number of aromatic nitrogens is 2. The van der Waals surface area contributed by atoms with E-state index >= 15 is 0 Å². The van der Waals surface area contributed by atoms with Crippen molar-refractivity contribution in [2.45, 2.75) is 58.3 Å². The second-order valence-electron chi connectivity index (χ2n) is 7.03. The van der Waals surface area contributed by atoms with Crippen LogP contribution in [-0.4, -0.2) is 10.2 Å². The zero-order valence-corrected chi connectivity index (χ0v) is 14.7. The molecule has 3 nitrogen and oxygen atoms in total. The number of halogens is 2. The molecule has 5 heteroatoms. The number of hydrogen-bond acceptors (Lipinski definition) is 2. The van der Waals surface area contributed by atoms with E-state index in [9.17, 15) is 13.6 Å². The van der Waals surface area contributed by atoms with Crippen LogP contribution in [0.5, 0.6) is 0 Å². The van der Waals surface area contributed by atoms with Crippen LogP contribution in [0.3, 0.4) is 0 Å². The number of aryl methyl sites for hydroxylation is 1. The van der Waals surface area contributed by atoms with Gasteiger partial charge in [0.15, 0.2) is 0 Å². The lowest BCUT2D eigenvalue weighted by Crippen LogP contribution is -2.22. The summed E-state index contributed by atoms with van der Waals surface area (Å²) in [6.07, 6.45) is 6.42. The first-order valence-electron chi connectivity index (χ1n) is 9.06. The fourth-order valence-electron chi connectivity index (χ4n) is 4.19. The van der Waals surface area contributed by atoms with Gasteiger partial charge in [-0.15, -0.1) is 0 Å². The Balaban J connectivity index is 2.07. The second kappa shape index (κ2) is 7.46. The number of H-pyrrole nitrogens is 1. The van der Waals surface area contributed by atoms with Gasteiger partial charge in [-0.3, -0.25) is 4.79 Å². The van der Waals surface area contributed by atoms with Crippen molar-refractivity contribution in [2.24, 2.45) is 5.92 Å². The Morgan fingerprint density at radius 3 is 2.36 bits per heavy atom. The van der Waals surface area contributed by atoms with E-state index in [1.54, 1.807) is 6.92 Å². The largest absolute Gasteiger partial charge is 0.272 e. The van der Waals surface area contributed by atoms with Crippen molar-refractivity contribution in [3.8, 4) is 11.1 Å². The van der Waals surface area contributed by atoms with E-state index < -0.39 is 17.2 Å². The van der Waals surface area contributed by atoms with E-state index in [2.05, 4.69) is 17.1 Å². The van der Waals surface area contributed by atoms with Crippen LogP contribution in [0.2, 0.25) is 0 Å². The van der Waals surface area contributed by atoms with E-state index in [0.29, 0.717) is 17.2 Å². The first-order chi connectivity index (χ1) is 12.0. The van der Waals surface area contributed by atoms with Crippen molar-refractivity contribution < 1.29 is 8.78 Å². The lowest BCUT2D eigenvalue weighted by Gasteiger charge is -2.30. The van der Waals surface area contributed by atoms with E-state index in [4.69, 9.17) is 0 Å². The van der Waals surface area contributed by atoms with Crippen LogP contribution in [0.15, 0.2) is 23.0 Å². The minimum absolute atomic E-state index is 0.113. The molecule has 1 saturated carbocycles. The number of aromatic amines is 1. The maximum atomic E-state index is 14.3. The quantitative estimate of drug-likeness (QED) is 0.837. The molecule has 25 heavy (non-hydrogen) atoms. The maximum Gasteiger partial charge on any atom is 0.272 e. The zero-order valence-electron chi connectivity index (χ0n) is 14.7. The van der Waals surface area contributed by atoms with Gasteiger partial charge >= 0.3 is 0 Å². The van der Waals surface area contributed by atoms with Gasteiger partial charge in [-0.1, -0.05) is 25.8 Å². The third-order valence-electron chi connectivity index (χ3n) is 5.38. The molecular formula is C20H24F2N2O. The fourth-order valence-corrected chi connectivity index (χ4v) is 4.19. The molecule has 1 aromatic heterocycles. The molecule has 3 rings (SSSR count). The van der Waals surface area contributed by atoms with Crippen LogP contribution in [0.1, 0.15) is 62.6 Å². The Bertz CT molecular complexity index is 788. The first kappa shape index (κ1) is 17.8. The molecular weight excluding hydrogens is 322 g/mol. The van der Waals surface area contributed by atoms with E-state index in [-0.39, 0.29) is 17.0 Å². The summed E-state index contributed by atoms with van der Waals surface area (Å²) in [4.78, 5) is 12.5. The highest BCUT2D eigenvalue weighted by atomic mass is 19.1. The van der Waals surface area contributed by atoms with Crippen LogP contribution in [0.25, 0.3) is 11.1 Å². The Kier molecular flexibility index (Phi) is 5.30. The predicted octanol–water partition coefficient (Wildman–Crippen LogP) is 5.10. The summed E-state index contributed by atoms with van der Waals surface area (Å²) in [5, 5.41) is 6.46. The van der Waals surface area contributed by atoms with Gasteiger partial charge in [0.2, 0.25) is 0 Å². The number of hydrogen-bond donors (Lipinski definition) is 1. The smallest absolute Gasteiger partial charge is 0.267 e. The highest BCUT2D eigenvalue weighted by Gasteiger charge is 2.29. The van der Waals surface area contributed by atoms with Crippen LogP contribution in [0.4, 0.5) is 8.78 Å². The number of nitrogens with one attached hydrogen (secondary N) is 1. The average molecular weight is 346 g/mol. The molecule has 0 radical (unpaired) electrons. The normalized spacial score (nSPS) is 20.6. The Hall–Kier alpha value is -2.04. The molecule has 2 aromatic rings. The van der Waals surface area contributed by atoms with Gasteiger partial charge in [-0.2, -0.15) is 5.10 Å². The lowest BCUT2D eigenvalue weighted by molar-refractivity contribution is 0.307.